The van der Waals surface area contributed by atoms with Crippen LogP contribution in [0.15, 0.2) is 42.5 Å². The number of halogens is 3. The first-order valence-electron chi connectivity index (χ1n) is 8.24. The molecule has 1 unspecified atom stereocenters. The van der Waals surface area contributed by atoms with Gasteiger partial charge in [-0.25, -0.2) is 8.78 Å². The summed E-state index contributed by atoms with van der Waals surface area (Å²) in [5, 5.41) is 3.07. The highest BCUT2D eigenvalue weighted by atomic mass is 35.5. The fourth-order valence-electron chi connectivity index (χ4n) is 3.02. The third-order valence-corrected chi connectivity index (χ3v) is 4.55. The normalized spacial score (nSPS) is 17.0. The van der Waals surface area contributed by atoms with Crippen LogP contribution in [0.4, 0.5) is 14.5 Å². The molecule has 1 saturated heterocycles. The van der Waals surface area contributed by atoms with Gasteiger partial charge in [-0.3, -0.25) is 9.59 Å². The third-order valence-electron chi connectivity index (χ3n) is 4.30. The minimum Gasteiger partial charge on any atom is -0.338 e. The van der Waals surface area contributed by atoms with Gasteiger partial charge in [0.15, 0.2) is 0 Å². The Kier molecular flexibility index (Phi) is 5.52. The van der Waals surface area contributed by atoms with E-state index in [-0.39, 0.29) is 24.0 Å². The summed E-state index contributed by atoms with van der Waals surface area (Å²) >= 11 is 5.83. The Balaban J connectivity index is 1.66. The van der Waals surface area contributed by atoms with E-state index in [1.54, 1.807) is 29.2 Å². The van der Waals surface area contributed by atoms with Gasteiger partial charge in [-0.2, -0.15) is 0 Å². The zero-order valence-electron chi connectivity index (χ0n) is 13.8. The summed E-state index contributed by atoms with van der Waals surface area (Å²) in [4.78, 5) is 26.6. The number of benzene rings is 2. The molecule has 1 aliphatic rings. The van der Waals surface area contributed by atoms with Gasteiger partial charge in [0.2, 0.25) is 5.91 Å². The molecule has 2 amide bonds. The lowest BCUT2D eigenvalue weighted by atomic mass is 9.96. The largest absolute Gasteiger partial charge is 0.338 e. The second-order valence-electron chi connectivity index (χ2n) is 6.24. The first-order valence-corrected chi connectivity index (χ1v) is 8.62. The molecule has 0 aliphatic carbocycles. The van der Waals surface area contributed by atoms with Gasteiger partial charge < -0.3 is 10.2 Å². The first-order chi connectivity index (χ1) is 12.4. The number of likely N-dealkylation sites (tertiary alicyclic amines) is 1. The highest BCUT2D eigenvalue weighted by Crippen LogP contribution is 2.22. The molecule has 2 aromatic rings. The van der Waals surface area contributed by atoms with Crippen LogP contribution in [0, 0.1) is 17.6 Å². The van der Waals surface area contributed by atoms with Crippen molar-refractivity contribution in [3.05, 3.63) is 64.7 Å². The number of rotatable bonds is 3. The van der Waals surface area contributed by atoms with Crippen molar-refractivity contribution >= 4 is 29.1 Å². The van der Waals surface area contributed by atoms with Gasteiger partial charge in [0.25, 0.3) is 5.91 Å². The molecule has 1 atom stereocenters. The molecule has 0 bridgehead atoms. The average molecular weight is 379 g/mol. The van der Waals surface area contributed by atoms with E-state index in [9.17, 15) is 18.4 Å². The Labute approximate surface area is 154 Å². The highest BCUT2D eigenvalue weighted by molar-refractivity contribution is 6.30. The number of anilines is 1. The minimum atomic E-state index is -0.761. The monoisotopic (exact) mass is 378 g/mol. The number of carbonyl (C=O) groups is 2. The molecular weight excluding hydrogens is 362 g/mol. The Morgan fingerprint density at radius 2 is 1.73 bits per heavy atom. The number of nitrogens with zero attached hydrogens (tertiary/aromatic N) is 1. The smallest absolute Gasteiger partial charge is 0.253 e. The predicted octanol–water partition coefficient (Wildman–Crippen LogP) is 4.11. The summed E-state index contributed by atoms with van der Waals surface area (Å²) in [6, 6.07) is 9.42. The lowest BCUT2D eigenvalue weighted by Gasteiger charge is -2.32. The van der Waals surface area contributed by atoms with Gasteiger partial charge >= 0.3 is 0 Å². The van der Waals surface area contributed by atoms with Gasteiger partial charge in [0.1, 0.15) is 11.6 Å². The van der Waals surface area contributed by atoms with Gasteiger partial charge in [-0.05, 0) is 49.2 Å². The zero-order chi connectivity index (χ0) is 18.7. The van der Waals surface area contributed by atoms with E-state index in [0.717, 1.165) is 18.2 Å². The van der Waals surface area contributed by atoms with Crippen LogP contribution in [0.3, 0.4) is 0 Å². The van der Waals surface area contributed by atoms with E-state index in [1.165, 1.54) is 0 Å². The van der Waals surface area contributed by atoms with Crippen molar-refractivity contribution in [3.63, 3.8) is 0 Å². The molecule has 1 aliphatic heterocycles. The van der Waals surface area contributed by atoms with E-state index in [0.29, 0.717) is 30.0 Å². The molecular formula is C19H17ClF2N2O2. The number of piperidine rings is 1. The molecule has 1 N–H and O–H groups in total. The van der Waals surface area contributed by atoms with Crippen LogP contribution in [0.1, 0.15) is 23.2 Å². The molecule has 0 radical (unpaired) electrons. The van der Waals surface area contributed by atoms with Crippen LogP contribution in [-0.2, 0) is 4.79 Å². The number of hydrogen-bond donors (Lipinski definition) is 1. The fraction of sp³-hybridized carbons (Fsp3) is 0.263. The van der Waals surface area contributed by atoms with Crippen molar-refractivity contribution in [2.45, 2.75) is 12.8 Å². The Bertz CT molecular complexity index is 807. The molecule has 4 nitrogen and oxygen atoms in total. The topological polar surface area (TPSA) is 49.4 Å². The average Bonchev–Trinajstić information content (AvgIpc) is 2.61. The molecule has 0 saturated carbocycles. The SMILES string of the molecule is O=C(Nc1cc(F)cc(F)c1)C1CCCN(C(=O)c2ccc(Cl)cc2)C1. The number of amides is 2. The molecule has 0 spiro atoms. The van der Waals surface area contributed by atoms with Crippen molar-refractivity contribution < 1.29 is 18.4 Å². The first kappa shape index (κ1) is 18.3. The maximum absolute atomic E-state index is 13.3. The fourth-order valence-corrected chi connectivity index (χ4v) is 3.15. The lowest BCUT2D eigenvalue weighted by molar-refractivity contribution is -0.121. The van der Waals surface area contributed by atoms with Crippen molar-refractivity contribution in [2.24, 2.45) is 5.92 Å². The van der Waals surface area contributed by atoms with Crippen LogP contribution in [0.5, 0.6) is 0 Å². The Morgan fingerprint density at radius 3 is 2.38 bits per heavy atom. The summed E-state index contributed by atoms with van der Waals surface area (Å²) < 4.78 is 26.5. The van der Waals surface area contributed by atoms with Gasteiger partial charge in [0, 0.05) is 35.4 Å². The van der Waals surface area contributed by atoms with Crippen molar-refractivity contribution in [1.29, 1.82) is 0 Å². The van der Waals surface area contributed by atoms with E-state index >= 15 is 0 Å². The van der Waals surface area contributed by atoms with Crippen molar-refractivity contribution in [1.82, 2.24) is 4.90 Å². The van der Waals surface area contributed by atoms with Crippen molar-refractivity contribution in [3.8, 4) is 0 Å². The van der Waals surface area contributed by atoms with Gasteiger partial charge in [-0.15, -0.1) is 0 Å². The van der Waals surface area contributed by atoms with Crippen molar-refractivity contribution in [2.75, 3.05) is 18.4 Å². The van der Waals surface area contributed by atoms with Gasteiger partial charge in [-0.1, -0.05) is 11.6 Å². The van der Waals surface area contributed by atoms with Crippen LogP contribution >= 0.6 is 11.6 Å². The maximum Gasteiger partial charge on any atom is 0.253 e. The standard InChI is InChI=1S/C19H17ClF2N2O2/c20-14-5-3-12(4-6-14)19(26)24-7-1-2-13(11-24)18(25)23-17-9-15(21)8-16(22)10-17/h3-6,8-10,13H,1-2,7,11H2,(H,23,25). The molecule has 3 rings (SSSR count). The second kappa shape index (κ2) is 7.83. The quantitative estimate of drug-likeness (QED) is 0.873. The molecule has 136 valence electrons. The minimum absolute atomic E-state index is 0.0636. The molecule has 0 aromatic heterocycles. The number of carbonyl (C=O) groups excluding carboxylic acids is 2. The van der Waals surface area contributed by atoms with E-state index in [1.807, 2.05) is 0 Å². The highest BCUT2D eigenvalue weighted by Gasteiger charge is 2.29. The summed E-state index contributed by atoms with van der Waals surface area (Å²) in [7, 11) is 0. The summed E-state index contributed by atoms with van der Waals surface area (Å²) in [5.41, 5.74) is 0.566. The van der Waals surface area contributed by atoms with Crippen LogP contribution in [-0.4, -0.2) is 29.8 Å². The van der Waals surface area contributed by atoms with Crippen LogP contribution in [0.2, 0.25) is 5.02 Å². The molecule has 7 heteroatoms. The molecule has 1 fully saturated rings. The zero-order valence-corrected chi connectivity index (χ0v) is 14.6. The maximum atomic E-state index is 13.3. The summed E-state index contributed by atoms with van der Waals surface area (Å²) in [6.45, 7) is 0.810. The number of nitrogens with one attached hydrogen (secondary N) is 1. The lowest BCUT2D eigenvalue weighted by Crippen LogP contribution is -2.43. The summed E-state index contributed by atoms with van der Waals surface area (Å²) in [5.74, 6) is -2.49. The Morgan fingerprint density at radius 1 is 1.08 bits per heavy atom. The molecule has 2 aromatic carbocycles. The predicted molar refractivity (Wildman–Crippen MR) is 95.1 cm³/mol. The summed E-state index contributed by atoms with van der Waals surface area (Å²) in [6.07, 6.45) is 1.28. The molecule has 26 heavy (non-hydrogen) atoms. The second-order valence-corrected chi connectivity index (χ2v) is 6.68. The van der Waals surface area contributed by atoms with E-state index < -0.39 is 17.6 Å². The van der Waals surface area contributed by atoms with Crippen LogP contribution < -0.4 is 5.32 Å². The third kappa shape index (κ3) is 4.38. The Hall–Kier alpha value is -2.47. The van der Waals surface area contributed by atoms with Crippen LogP contribution in [0.25, 0.3) is 0 Å². The number of hydrogen-bond acceptors (Lipinski definition) is 2. The van der Waals surface area contributed by atoms with Gasteiger partial charge in [0.05, 0.1) is 5.92 Å². The van der Waals surface area contributed by atoms with E-state index in [2.05, 4.69) is 5.32 Å². The van der Waals surface area contributed by atoms with E-state index in [4.69, 9.17) is 11.6 Å². The molecule has 1 heterocycles.